The smallest absolute Gasteiger partial charge is 0.328 e. The normalized spacial score (nSPS) is 16.6. The van der Waals surface area contributed by atoms with Gasteiger partial charge in [-0.25, -0.2) is 4.79 Å². The number of aromatic nitrogens is 2. The summed E-state index contributed by atoms with van der Waals surface area (Å²) in [5, 5.41) is 3.39. The summed E-state index contributed by atoms with van der Waals surface area (Å²) in [5.74, 6) is -0.712. The zero-order chi connectivity index (χ0) is 18.0. The molecule has 2 aromatic rings. The van der Waals surface area contributed by atoms with Crippen molar-refractivity contribution >= 4 is 22.8 Å². The van der Waals surface area contributed by atoms with Crippen molar-refractivity contribution in [2.75, 3.05) is 7.11 Å². The molecule has 7 nitrogen and oxygen atoms in total. The van der Waals surface area contributed by atoms with Gasteiger partial charge in [0.25, 0.3) is 11.5 Å². The number of esters is 1. The summed E-state index contributed by atoms with van der Waals surface area (Å²) in [6.07, 6.45) is 8.18. The maximum Gasteiger partial charge on any atom is 0.328 e. The van der Waals surface area contributed by atoms with Crippen LogP contribution in [-0.2, 0) is 16.6 Å². The Kier molecular flexibility index (Phi) is 4.92. The fourth-order valence-electron chi connectivity index (χ4n) is 3.63. The van der Waals surface area contributed by atoms with E-state index in [1.807, 2.05) is 0 Å². The van der Waals surface area contributed by atoms with Crippen LogP contribution in [0.25, 0.3) is 10.9 Å². The molecule has 0 unspecified atom stereocenters. The Morgan fingerprint density at radius 3 is 2.72 bits per heavy atom. The molecule has 2 heterocycles. The first-order valence-corrected chi connectivity index (χ1v) is 8.58. The molecule has 1 fully saturated rings. The van der Waals surface area contributed by atoms with E-state index in [1.165, 1.54) is 17.9 Å². The number of hydrogen-bond donors (Lipinski definition) is 2. The molecule has 0 aliphatic heterocycles. The third kappa shape index (κ3) is 3.31. The average Bonchev–Trinajstić information content (AvgIpc) is 3.12. The summed E-state index contributed by atoms with van der Waals surface area (Å²) in [5.41, 5.74) is 0.541. The van der Waals surface area contributed by atoms with E-state index in [0.29, 0.717) is 16.5 Å². The predicted octanol–water partition coefficient (Wildman–Crippen LogP) is 1.72. The molecule has 0 spiro atoms. The minimum absolute atomic E-state index is 0.0828. The Morgan fingerprint density at radius 1 is 1.32 bits per heavy atom. The first-order chi connectivity index (χ1) is 12.0. The molecule has 0 saturated heterocycles. The highest BCUT2D eigenvalue weighted by molar-refractivity contribution is 6.07. The van der Waals surface area contributed by atoms with Gasteiger partial charge in [0.1, 0.15) is 11.6 Å². The lowest BCUT2D eigenvalue weighted by molar-refractivity contribution is -0.144. The lowest BCUT2D eigenvalue weighted by Gasteiger charge is -2.29. The number of pyridine rings is 1. The number of nitrogens with one attached hydrogen (secondary N) is 2. The molecule has 134 valence electrons. The molecular weight excluding hydrogens is 322 g/mol. The van der Waals surface area contributed by atoms with E-state index < -0.39 is 12.0 Å². The quantitative estimate of drug-likeness (QED) is 0.825. The summed E-state index contributed by atoms with van der Waals surface area (Å²) in [4.78, 5) is 40.0. The maximum absolute atomic E-state index is 12.8. The van der Waals surface area contributed by atoms with Gasteiger partial charge in [0.2, 0.25) is 0 Å². The van der Waals surface area contributed by atoms with E-state index in [0.717, 1.165) is 32.1 Å². The van der Waals surface area contributed by atoms with Gasteiger partial charge >= 0.3 is 5.97 Å². The van der Waals surface area contributed by atoms with Crippen LogP contribution >= 0.6 is 0 Å². The largest absolute Gasteiger partial charge is 0.467 e. The molecule has 7 heteroatoms. The maximum atomic E-state index is 12.8. The van der Waals surface area contributed by atoms with Crippen molar-refractivity contribution in [3.63, 3.8) is 0 Å². The summed E-state index contributed by atoms with van der Waals surface area (Å²) in [6.45, 7) is 0. The van der Waals surface area contributed by atoms with E-state index in [1.54, 1.807) is 19.3 Å². The minimum Gasteiger partial charge on any atom is -0.467 e. The van der Waals surface area contributed by atoms with Crippen molar-refractivity contribution in [3.8, 4) is 0 Å². The van der Waals surface area contributed by atoms with Crippen LogP contribution in [0.5, 0.6) is 0 Å². The molecule has 3 rings (SSSR count). The van der Waals surface area contributed by atoms with Crippen LogP contribution in [0.4, 0.5) is 0 Å². The van der Waals surface area contributed by atoms with E-state index in [9.17, 15) is 14.4 Å². The number of amides is 1. The van der Waals surface area contributed by atoms with Crippen LogP contribution in [-0.4, -0.2) is 34.6 Å². The van der Waals surface area contributed by atoms with Crippen molar-refractivity contribution < 1.29 is 14.3 Å². The second kappa shape index (κ2) is 7.13. The zero-order valence-electron chi connectivity index (χ0n) is 14.5. The number of fused-ring (bicyclic) bond motifs is 1. The van der Waals surface area contributed by atoms with E-state index in [2.05, 4.69) is 10.3 Å². The summed E-state index contributed by atoms with van der Waals surface area (Å²) in [7, 11) is 2.93. The predicted molar refractivity (Wildman–Crippen MR) is 93.4 cm³/mol. The van der Waals surface area contributed by atoms with Gasteiger partial charge in [-0.15, -0.1) is 0 Å². The van der Waals surface area contributed by atoms with Gasteiger partial charge in [0.05, 0.1) is 12.7 Å². The van der Waals surface area contributed by atoms with Gasteiger partial charge in [-0.1, -0.05) is 19.3 Å². The molecule has 25 heavy (non-hydrogen) atoms. The van der Waals surface area contributed by atoms with Crippen molar-refractivity contribution in [2.45, 2.75) is 38.1 Å². The van der Waals surface area contributed by atoms with Gasteiger partial charge in [-0.2, -0.15) is 0 Å². The number of rotatable bonds is 4. The van der Waals surface area contributed by atoms with Gasteiger partial charge < -0.3 is 19.6 Å². The highest BCUT2D eigenvalue weighted by atomic mass is 16.5. The molecule has 1 amide bonds. The van der Waals surface area contributed by atoms with E-state index >= 15 is 0 Å². The Bertz CT molecular complexity index is 846. The molecular formula is C18H23N3O4. The van der Waals surface area contributed by atoms with Crippen LogP contribution < -0.4 is 10.9 Å². The second-order valence-electron chi connectivity index (χ2n) is 6.60. The molecule has 1 atom stereocenters. The number of methoxy groups -OCH3 is 1. The molecule has 1 aliphatic carbocycles. The third-order valence-corrected chi connectivity index (χ3v) is 5.00. The molecule has 0 aromatic carbocycles. The van der Waals surface area contributed by atoms with Crippen LogP contribution in [0.15, 0.2) is 23.3 Å². The number of H-pyrrole nitrogens is 1. The summed E-state index contributed by atoms with van der Waals surface area (Å²) < 4.78 is 6.27. The molecule has 1 saturated carbocycles. The number of ether oxygens (including phenoxy) is 1. The Hall–Kier alpha value is -2.57. The van der Waals surface area contributed by atoms with Crippen LogP contribution in [0.2, 0.25) is 0 Å². The molecule has 2 N–H and O–H groups in total. The zero-order valence-corrected chi connectivity index (χ0v) is 14.5. The van der Waals surface area contributed by atoms with E-state index in [-0.39, 0.29) is 17.4 Å². The number of aryl methyl sites for hydroxylation is 1. The topological polar surface area (TPSA) is 93.2 Å². The molecule has 0 radical (unpaired) electrons. The van der Waals surface area contributed by atoms with Gasteiger partial charge in [0.15, 0.2) is 0 Å². The van der Waals surface area contributed by atoms with Gasteiger partial charge in [-0.3, -0.25) is 9.59 Å². The number of carbonyl (C=O) groups is 2. The van der Waals surface area contributed by atoms with Gasteiger partial charge in [-0.05, 0) is 24.8 Å². The lowest BCUT2D eigenvalue weighted by Crippen LogP contribution is -2.47. The number of hydrogen-bond acceptors (Lipinski definition) is 4. The molecule has 0 bridgehead atoms. The Balaban J connectivity index is 1.91. The van der Waals surface area contributed by atoms with Crippen molar-refractivity contribution in [1.82, 2.24) is 14.9 Å². The van der Waals surface area contributed by atoms with Crippen LogP contribution in [0.3, 0.4) is 0 Å². The first kappa shape index (κ1) is 17.3. The number of nitrogens with zero attached hydrogens (tertiary/aromatic N) is 1. The number of aromatic amines is 1. The molecule has 1 aliphatic rings. The average molecular weight is 345 g/mol. The fraction of sp³-hybridized carbons (Fsp3) is 0.500. The second-order valence-corrected chi connectivity index (χ2v) is 6.60. The Labute approximate surface area is 145 Å². The van der Waals surface area contributed by atoms with Crippen molar-refractivity contribution in [1.29, 1.82) is 0 Å². The lowest BCUT2D eigenvalue weighted by atomic mass is 9.83. The van der Waals surface area contributed by atoms with Crippen molar-refractivity contribution in [2.24, 2.45) is 13.0 Å². The monoisotopic (exact) mass is 345 g/mol. The Morgan fingerprint density at radius 2 is 2.04 bits per heavy atom. The fourth-order valence-corrected chi connectivity index (χ4v) is 3.63. The van der Waals surface area contributed by atoms with Crippen LogP contribution in [0.1, 0.15) is 42.5 Å². The number of carbonyl (C=O) groups excluding carboxylic acids is 2. The van der Waals surface area contributed by atoms with E-state index in [4.69, 9.17) is 4.74 Å². The summed E-state index contributed by atoms with van der Waals surface area (Å²) >= 11 is 0. The highest BCUT2D eigenvalue weighted by Gasteiger charge is 2.32. The summed E-state index contributed by atoms with van der Waals surface area (Å²) in [6, 6.07) is 1.03. The van der Waals surface area contributed by atoms with Crippen LogP contribution in [0, 0.1) is 5.92 Å². The van der Waals surface area contributed by atoms with Crippen molar-refractivity contribution in [3.05, 3.63) is 34.4 Å². The highest BCUT2D eigenvalue weighted by Crippen LogP contribution is 2.27. The standard InChI is InChI=1S/C18H23N3O4/c1-21-10-13(12-8-9-19-15(12)17(21)23)16(22)20-14(18(24)25-2)11-6-4-3-5-7-11/h8-11,14,19H,3-7H2,1-2H3,(H,20,22)/t14-/m0/s1. The van der Waals surface area contributed by atoms with Gasteiger partial charge in [0, 0.05) is 24.8 Å². The SMILES string of the molecule is COC(=O)[C@@H](NC(=O)c1cn(C)c(=O)c2[nH]ccc12)C1CCCCC1. The third-order valence-electron chi connectivity index (χ3n) is 5.00. The molecule has 2 aromatic heterocycles. The first-order valence-electron chi connectivity index (χ1n) is 8.58. The minimum atomic E-state index is -0.663.